The number of anilines is 1. The van der Waals surface area contributed by atoms with Crippen LogP contribution in [0.3, 0.4) is 0 Å². The smallest absolute Gasteiger partial charge is 0.129 e. The number of aryl methyl sites for hydroxylation is 1. The highest BCUT2D eigenvalue weighted by molar-refractivity contribution is 5.46. The van der Waals surface area contributed by atoms with E-state index in [1.165, 1.54) is 13.0 Å². The van der Waals surface area contributed by atoms with Crippen LogP contribution < -0.4 is 4.90 Å². The van der Waals surface area contributed by atoms with E-state index in [1.807, 2.05) is 19.1 Å². The fourth-order valence-corrected chi connectivity index (χ4v) is 2.57. The molecule has 1 aliphatic rings. The van der Waals surface area contributed by atoms with Crippen LogP contribution in [0.4, 0.5) is 5.82 Å². The van der Waals surface area contributed by atoms with Gasteiger partial charge in [-0.15, -0.1) is 0 Å². The highest BCUT2D eigenvalue weighted by Crippen LogP contribution is 2.19. The SMILES string of the molecule is Cc1cc(C#N)cc(N(C)CC2CCN(C)C2)n1. The fourth-order valence-electron chi connectivity index (χ4n) is 2.57. The molecule has 0 saturated carbocycles. The molecule has 1 unspecified atom stereocenters. The number of rotatable bonds is 3. The quantitative estimate of drug-likeness (QED) is 0.811. The van der Waals surface area contributed by atoms with Crippen LogP contribution in [0, 0.1) is 24.2 Å². The second-order valence-corrected chi connectivity index (χ2v) is 5.26. The van der Waals surface area contributed by atoms with Crippen molar-refractivity contribution in [1.82, 2.24) is 9.88 Å². The molecule has 1 aromatic rings. The Hall–Kier alpha value is -1.60. The molecule has 1 aromatic heterocycles. The zero-order chi connectivity index (χ0) is 13.1. The van der Waals surface area contributed by atoms with Crippen molar-refractivity contribution in [2.24, 2.45) is 5.92 Å². The average molecular weight is 244 g/mol. The summed E-state index contributed by atoms with van der Waals surface area (Å²) in [5.41, 5.74) is 1.59. The van der Waals surface area contributed by atoms with Crippen LogP contribution in [-0.2, 0) is 0 Å². The van der Waals surface area contributed by atoms with Gasteiger partial charge in [-0.2, -0.15) is 5.26 Å². The first-order chi connectivity index (χ1) is 8.58. The summed E-state index contributed by atoms with van der Waals surface area (Å²) in [4.78, 5) is 9.03. The van der Waals surface area contributed by atoms with Gasteiger partial charge in [-0.25, -0.2) is 4.98 Å². The van der Waals surface area contributed by atoms with E-state index in [0.29, 0.717) is 11.5 Å². The number of aromatic nitrogens is 1. The second-order valence-electron chi connectivity index (χ2n) is 5.26. The molecule has 0 aromatic carbocycles. The Balaban J connectivity index is 2.06. The molecular formula is C14H20N4. The fraction of sp³-hybridized carbons (Fsp3) is 0.571. The van der Waals surface area contributed by atoms with Crippen molar-refractivity contribution in [2.75, 3.05) is 38.6 Å². The van der Waals surface area contributed by atoms with Gasteiger partial charge in [-0.05, 0) is 45.0 Å². The maximum atomic E-state index is 8.98. The minimum Gasteiger partial charge on any atom is -0.359 e. The van der Waals surface area contributed by atoms with E-state index < -0.39 is 0 Å². The van der Waals surface area contributed by atoms with Crippen molar-refractivity contribution in [2.45, 2.75) is 13.3 Å². The zero-order valence-electron chi connectivity index (χ0n) is 11.3. The van der Waals surface area contributed by atoms with Crippen LogP contribution in [-0.4, -0.2) is 43.6 Å². The van der Waals surface area contributed by atoms with Crippen molar-refractivity contribution in [3.63, 3.8) is 0 Å². The van der Waals surface area contributed by atoms with Gasteiger partial charge in [0.05, 0.1) is 11.6 Å². The average Bonchev–Trinajstić information content (AvgIpc) is 2.73. The third-order valence-corrected chi connectivity index (χ3v) is 3.48. The summed E-state index contributed by atoms with van der Waals surface area (Å²) in [6.07, 6.45) is 1.25. The lowest BCUT2D eigenvalue weighted by Gasteiger charge is -2.22. The summed E-state index contributed by atoms with van der Waals surface area (Å²) >= 11 is 0. The lowest BCUT2D eigenvalue weighted by molar-refractivity contribution is 0.395. The third kappa shape index (κ3) is 2.99. The maximum Gasteiger partial charge on any atom is 0.129 e. The highest BCUT2D eigenvalue weighted by Gasteiger charge is 2.21. The van der Waals surface area contributed by atoms with Crippen LogP contribution in [0.15, 0.2) is 12.1 Å². The minimum atomic E-state index is 0.688. The van der Waals surface area contributed by atoms with Crippen molar-refractivity contribution in [1.29, 1.82) is 5.26 Å². The number of nitrogens with zero attached hydrogens (tertiary/aromatic N) is 4. The first-order valence-electron chi connectivity index (χ1n) is 6.37. The van der Waals surface area contributed by atoms with Crippen LogP contribution in [0.1, 0.15) is 17.7 Å². The van der Waals surface area contributed by atoms with Gasteiger partial charge >= 0.3 is 0 Å². The molecule has 0 amide bonds. The molecule has 0 spiro atoms. The standard InChI is InChI=1S/C14H20N4/c1-11-6-13(8-15)7-14(16-11)18(3)10-12-4-5-17(2)9-12/h6-7,12H,4-5,9-10H2,1-3H3. The molecule has 18 heavy (non-hydrogen) atoms. The number of nitriles is 1. The van der Waals surface area contributed by atoms with Gasteiger partial charge < -0.3 is 9.80 Å². The van der Waals surface area contributed by atoms with Crippen LogP contribution in [0.5, 0.6) is 0 Å². The van der Waals surface area contributed by atoms with Gasteiger partial charge in [0.25, 0.3) is 0 Å². The predicted octanol–water partition coefficient (Wildman–Crippen LogP) is 1.65. The van der Waals surface area contributed by atoms with E-state index in [2.05, 4.69) is 34.9 Å². The predicted molar refractivity (Wildman–Crippen MR) is 72.6 cm³/mol. The molecular weight excluding hydrogens is 224 g/mol. The second kappa shape index (κ2) is 5.36. The Morgan fingerprint density at radius 2 is 2.33 bits per heavy atom. The molecule has 2 rings (SSSR count). The summed E-state index contributed by atoms with van der Waals surface area (Å²) in [7, 11) is 4.22. The van der Waals surface area contributed by atoms with Crippen molar-refractivity contribution in [3.8, 4) is 6.07 Å². The molecule has 96 valence electrons. The molecule has 0 aliphatic carbocycles. The lowest BCUT2D eigenvalue weighted by atomic mass is 10.1. The Morgan fingerprint density at radius 3 is 2.94 bits per heavy atom. The third-order valence-electron chi connectivity index (χ3n) is 3.48. The Kier molecular flexibility index (Phi) is 3.83. The molecule has 1 fully saturated rings. The number of pyridine rings is 1. The largest absolute Gasteiger partial charge is 0.359 e. The Labute approximate surface area is 109 Å². The van der Waals surface area contributed by atoms with Crippen molar-refractivity contribution >= 4 is 5.82 Å². The van der Waals surface area contributed by atoms with Crippen LogP contribution >= 0.6 is 0 Å². The van der Waals surface area contributed by atoms with Crippen LogP contribution in [0.2, 0.25) is 0 Å². The molecule has 0 radical (unpaired) electrons. The summed E-state index contributed by atoms with van der Waals surface area (Å²) in [6, 6.07) is 5.88. The van der Waals surface area contributed by atoms with Gasteiger partial charge in [0.15, 0.2) is 0 Å². The molecule has 1 aliphatic heterocycles. The molecule has 1 saturated heterocycles. The van der Waals surface area contributed by atoms with Gasteiger partial charge in [0.1, 0.15) is 5.82 Å². The van der Waals surface area contributed by atoms with Gasteiger partial charge in [0.2, 0.25) is 0 Å². The maximum absolute atomic E-state index is 8.98. The molecule has 2 heterocycles. The first-order valence-corrected chi connectivity index (χ1v) is 6.37. The summed E-state index contributed by atoms with van der Waals surface area (Å²) in [5, 5.41) is 8.98. The van der Waals surface area contributed by atoms with E-state index >= 15 is 0 Å². The monoisotopic (exact) mass is 244 g/mol. The molecule has 4 nitrogen and oxygen atoms in total. The van der Waals surface area contributed by atoms with Crippen molar-refractivity contribution < 1.29 is 0 Å². The minimum absolute atomic E-state index is 0.688. The van der Waals surface area contributed by atoms with E-state index in [1.54, 1.807) is 0 Å². The van der Waals surface area contributed by atoms with Gasteiger partial charge in [0, 0.05) is 25.8 Å². The lowest BCUT2D eigenvalue weighted by Crippen LogP contribution is -2.28. The Morgan fingerprint density at radius 1 is 1.56 bits per heavy atom. The van der Waals surface area contributed by atoms with Gasteiger partial charge in [-0.3, -0.25) is 0 Å². The molecule has 1 atom stereocenters. The molecule has 0 bridgehead atoms. The van der Waals surface area contributed by atoms with E-state index in [9.17, 15) is 0 Å². The number of likely N-dealkylation sites (tertiary alicyclic amines) is 1. The molecule has 0 N–H and O–H groups in total. The first kappa shape index (κ1) is 12.8. The summed E-state index contributed by atoms with van der Waals surface area (Å²) < 4.78 is 0. The number of hydrogen-bond acceptors (Lipinski definition) is 4. The normalized spacial score (nSPS) is 19.8. The van der Waals surface area contributed by atoms with E-state index in [0.717, 1.165) is 24.6 Å². The Bertz CT molecular complexity index is 463. The topological polar surface area (TPSA) is 43.2 Å². The summed E-state index contributed by atoms with van der Waals surface area (Å²) in [6.45, 7) is 5.28. The number of hydrogen-bond donors (Lipinski definition) is 0. The highest BCUT2D eigenvalue weighted by atomic mass is 15.2. The van der Waals surface area contributed by atoms with Crippen LogP contribution in [0.25, 0.3) is 0 Å². The molecule has 4 heteroatoms. The van der Waals surface area contributed by atoms with E-state index in [4.69, 9.17) is 5.26 Å². The summed E-state index contributed by atoms with van der Waals surface area (Å²) in [5.74, 6) is 1.61. The zero-order valence-corrected chi connectivity index (χ0v) is 11.3. The van der Waals surface area contributed by atoms with Crippen molar-refractivity contribution in [3.05, 3.63) is 23.4 Å². The van der Waals surface area contributed by atoms with E-state index in [-0.39, 0.29) is 0 Å². The van der Waals surface area contributed by atoms with Gasteiger partial charge in [-0.1, -0.05) is 0 Å².